The molecule has 1 aliphatic rings. The van der Waals surface area contributed by atoms with E-state index in [0.717, 1.165) is 26.1 Å². The molecule has 1 atom stereocenters. The number of fused-ring (bicyclic) bond motifs is 1. The van der Waals surface area contributed by atoms with Crippen molar-refractivity contribution in [1.82, 2.24) is 10.2 Å². The van der Waals surface area contributed by atoms with Gasteiger partial charge in [0.2, 0.25) is 0 Å². The van der Waals surface area contributed by atoms with Crippen LogP contribution in [0.25, 0.3) is 0 Å². The van der Waals surface area contributed by atoms with Crippen LogP contribution in [-0.2, 0) is 13.0 Å². The Bertz CT molecular complexity index is 795. The molecule has 0 spiro atoms. The summed E-state index contributed by atoms with van der Waals surface area (Å²) in [7, 11) is 1.61. The zero-order chi connectivity index (χ0) is 19.4. The summed E-state index contributed by atoms with van der Waals surface area (Å²) in [6.45, 7) is 9.36. The highest BCUT2D eigenvalue weighted by Gasteiger charge is 2.29. The molecule has 1 heterocycles. The lowest BCUT2D eigenvalue weighted by atomic mass is 9.85. The minimum absolute atomic E-state index is 0.0362. The van der Waals surface area contributed by atoms with Crippen molar-refractivity contribution in [3.05, 3.63) is 65.2 Å². The van der Waals surface area contributed by atoms with Crippen molar-refractivity contribution in [2.24, 2.45) is 5.41 Å². The second-order valence-corrected chi connectivity index (χ2v) is 8.38. The average molecular weight is 367 g/mol. The fourth-order valence-corrected chi connectivity index (χ4v) is 3.51. The van der Waals surface area contributed by atoms with Gasteiger partial charge < -0.3 is 10.1 Å². The van der Waals surface area contributed by atoms with Crippen molar-refractivity contribution in [2.45, 2.75) is 39.8 Å². The Labute approximate surface area is 162 Å². The van der Waals surface area contributed by atoms with Gasteiger partial charge in [-0.05, 0) is 41.2 Å². The minimum Gasteiger partial charge on any atom is -0.497 e. The molecular formula is C23H30N2O2. The maximum absolute atomic E-state index is 12.8. The van der Waals surface area contributed by atoms with Gasteiger partial charge in [-0.2, -0.15) is 0 Å². The first-order chi connectivity index (χ1) is 12.9. The summed E-state index contributed by atoms with van der Waals surface area (Å²) in [4.78, 5) is 15.3. The van der Waals surface area contributed by atoms with Crippen LogP contribution in [0.4, 0.5) is 0 Å². The number of hydrogen-bond donors (Lipinski definition) is 1. The van der Waals surface area contributed by atoms with Crippen molar-refractivity contribution in [1.29, 1.82) is 0 Å². The molecule has 27 heavy (non-hydrogen) atoms. The topological polar surface area (TPSA) is 41.6 Å². The summed E-state index contributed by atoms with van der Waals surface area (Å²) in [6, 6.07) is 16.0. The van der Waals surface area contributed by atoms with Gasteiger partial charge in [0.05, 0.1) is 7.11 Å². The molecule has 4 nitrogen and oxygen atoms in total. The Hall–Kier alpha value is -2.33. The van der Waals surface area contributed by atoms with Gasteiger partial charge in [0.25, 0.3) is 5.91 Å². The third-order valence-electron chi connectivity index (χ3n) is 5.33. The van der Waals surface area contributed by atoms with Gasteiger partial charge in [0, 0.05) is 31.2 Å². The van der Waals surface area contributed by atoms with Gasteiger partial charge in [0.1, 0.15) is 5.75 Å². The van der Waals surface area contributed by atoms with E-state index in [4.69, 9.17) is 4.74 Å². The lowest BCUT2D eigenvalue weighted by molar-refractivity contribution is 0.0862. The molecule has 0 saturated carbocycles. The highest BCUT2D eigenvalue weighted by atomic mass is 16.5. The molecule has 1 amide bonds. The van der Waals surface area contributed by atoms with Crippen LogP contribution in [0.2, 0.25) is 0 Å². The third-order valence-corrected chi connectivity index (χ3v) is 5.33. The second-order valence-electron chi connectivity index (χ2n) is 8.38. The van der Waals surface area contributed by atoms with Crippen LogP contribution in [-0.4, -0.2) is 37.0 Å². The largest absolute Gasteiger partial charge is 0.497 e. The van der Waals surface area contributed by atoms with Crippen LogP contribution < -0.4 is 10.1 Å². The zero-order valence-electron chi connectivity index (χ0n) is 16.8. The smallest absolute Gasteiger partial charge is 0.251 e. The van der Waals surface area contributed by atoms with Crippen LogP contribution in [0.3, 0.4) is 0 Å². The molecule has 144 valence electrons. The highest BCUT2D eigenvalue weighted by molar-refractivity contribution is 5.94. The van der Waals surface area contributed by atoms with E-state index in [2.05, 4.69) is 55.3 Å². The van der Waals surface area contributed by atoms with Crippen molar-refractivity contribution in [3.8, 4) is 5.75 Å². The van der Waals surface area contributed by atoms with Crippen LogP contribution in [0.15, 0.2) is 48.5 Å². The summed E-state index contributed by atoms with van der Waals surface area (Å²) in [5.41, 5.74) is 3.44. The summed E-state index contributed by atoms with van der Waals surface area (Å²) < 4.78 is 5.24. The molecule has 2 aromatic carbocycles. The third kappa shape index (κ3) is 4.89. The number of hydrogen-bond acceptors (Lipinski definition) is 3. The fraction of sp³-hybridized carbons (Fsp3) is 0.435. The lowest BCUT2D eigenvalue weighted by Crippen LogP contribution is -2.51. The van der Waals surface area contributed by atoms with E-state index in [9.17, 15) is 4.79 Å². The van der Waals surface area contributed by atoms with Crippen molar-refractivity contribution in [2.75, 3.05) is 20.2 Å². The Morgan fingerprint density at radius 1 is 1.15 bits per heavy atom. The number of carbonyl (C=O) groups is 1. The summed E-state index contributed by atoms with van der Waals surface area (Å²) >= 11 is 0. The number of methoxy groups -OCH3 is 1. The first-order valence-corrected chi connectivity index (χ1v) is 9.61. The van der Waals surface area contributed by atoms with Crippen LogP contribution >= 0.6 is 0 Å². The molecule has 3 rings (SSSR count). The quantitative estimate of drug-likeness (QED) is 0.873. The predicted molar refractivity (Wildman–Crippen MR) is 109 cm³/mol. The maximum Gasteiger partial charge on any atom is 0.251 e. The lowest BCUT2D eigenvalue weighted by Gasteiger charge is -2.38. The molecule has 0 aliphatic carbocycles. The second kappa shape index (κ2) is 8.13. The fourth-order valence-electron chi connectivity index (χ4n) is 3.51. The van der Waals surface area contributed by atoms with Crippen molar-refractivity contribution >= 4 is 5.91 Å². The molecule has 1 aliphatic heterocycles. The summed E-state index contributed by atoms with van der Waals surface area (Å²) in [6.07, 6.45) is 1.07. The predicted octanol–water partition coefficient (Wildman–Crippen LogP) is 3.90. The number of nitrogens with one attached hydrogen (secondary N) is 1. The summed E-state index contributed by atoms with van der Waals surface area (Å²) in [5.74, 6) is 0.647. The van der Waals surface area contributed by atoms with E-state index < -0.39 is 0 Å². The Morgan fingerprint density at radius 2 is 1.89 bits per heavy atom. The molecule has 1 N–H and O–H groups in total. The number of amides is 1. The molecule has 4 heteroatoms. The van der Waals surface area contributed by atoms with Gasteiger partial charge >= 0.3 is 0 Å². The van der Waals surface area contributed by atoms with Gasteiger partial charge in [-0.15, -0.1) is 0 Å². The van der Waals surface area contributed by atoms with Crippen molar-refractivity contribution in [3.63, 3.8) is 0 Å². The number of benzene rings is 2. The SMILES string of the molecule is COc1cccc(C(=O)N[C@@H](CN2CCc3ccccc3C2)C(C)(C)C)c1. The normalized spacial score (nSPS) is 15.7. The van der Waals surface area contributed by atoms with Crippen molar-refractivity contribution < 1.29 is 9.53 Å². The molecule has 0 fully saturated rings. The van der Waals surface area contributed by atoms with E-state index >= 15 is 0 Å². The van der Waals surface area contributed by atoms with E-state index in [1.807, 2.05) is 18.2 Å². The van der Waals surface area contributed by atoms with E-state index in [-0.39, 0.29) is 17.4 Å². The number of rotatable bonds is 5. The van der Waals surface area contributed by atoms with Gasteiger partial charge in [0.15, 0.2) is 0 Å². The molecular weight excluding hydrogens is 336 g/mol. The van der Waals surface area contributed by atoms with E-state index in [0.29, 0.717) is 11.3 Å². The average Bonchev–Trinajstić information content (AvgIpc) is 2.66. The molecule has 0 aromatic heterocycles. The first kappa shape index (κ1) is 19.4. The Kier molecular flexibility index (Phi) is 5.85. The highest BCUT2D eigenvalue weighted by Crippen LogP contribution is 2.24. The van der Waals surface area contributed by atoms with E-state index in [1.165, 1.54) is 11.1 Å². The van der Waals surface area contributed by atoms with Gasteiger partial charge in [-0.25, -0.2) is 0 Å². The molecule has 0 bridgehead atoms. The number of carbonyl (C=O) groups excluding carboxylic acids is 1. The first-order valence-electron chi connectivity index (χ1n) is 9.61. The zero-order valence-corrected chi connectivity index (χ0v) is 16.8. The monoisotopic (exact) mass is 366 g/mol. The van der Waals surface area contributed by atoms with Gasteiger partial charge in [-0.3, -0.25) is 9.69 Å². The number of nitrogens with zero attached hydrogens (tertiary/aromatic N) is 1. The minimum atomic E-state index is -0.0498. The van der Waals surface area contributed by atoms with Crippen LogP contribution in [0, 0.1) is 5.41 Å². The van der Waals surface area contributed by atoms with Crippen LogP contribution in [0.1, 0.15) is 42.3 Å². The molecule has 0 radical (unpaired) electrons. The van der Waals surface area contributed by atoms with E-state index in [1.54, 1.807) is 13.2 Å². The maximum atomic E-state index is 12.8. The molecule has 0 saturated heterocycles. The summed E-state index contributed by atoms with van der Waals surface area (Å²) in [5, 5.41) is 3.26. The number of ether oxygens (including phenoxy) is 1. The van der Waals surface area contributed by atoms with Crippen LogP contribution in [0.5, 0.6) is 5.75 Å². The molecule has 2 aromatic rings. The Balaban J connectivity index is 1.70. The molecule has 0 unspecified atom stereocenters. The van der Waals surface area contributed by atoms with Gasteiger partial charge in [-0.1, -0.05) is 51.1 Å². The standard InChI is InChI=1S/C23H30N2O2/c1-23(2,3)21(24-22(26)18-10-7-11-20(14-18)27-4)16-25-13-12-17-8-5-6-9-19(17)15-25/h5-11,14,21H,12-13,15-16H2,1-4H3,(H,24,26)/t21-/m0/s1. The Morgan fingerprint density at radius 3 is 2.59 bits per heavy atom.